The van der Waals surface area contributed by atoms with Gasteiger partial charge in [-0.25, -0.2) is 0 Å². The largest absolute Gasteiger partial charge is 0.497 e. The zero-order chi connectivity index (χ0) is 20.3. The molecule has 2 aliphatic heterocycles. The molecule has 0 aliphatic carbocycles. The SMILES string of the molecule is COc1ccc(C[C@]2(CCC(=O)N3CCc4ccccc4C3)CCC(=O)N2)cc1. The van der Waals surface area contributed by atoms with Gasteiger partial charge in [0.2, 0.25) is 11.8 Å². The van der Waals surface area contributed by atoms with Gasteiger partial charge in [0, 0.05) is 31.5 Å². The molecule has 0 unspecified atom stereocenters. The molecule has 2 aliphatic rings. The average Bonchev–Trinajstić information content (AvgIpc) is 3.12. The van der Waals surface area contributed by atoms with E-state index in [0.29, 0.717) is 25.8 Å². The second-order valence-corrected chi connectivity index (χ2v) is 8.19. The molecule has 0 bridgehead atoms. The van der Waals surface area contributed by atoms with Gasteiger partial charge in [0.15, 0.2) is 0 Å². The van der Waals surface area contributed by atoms with E-state index in [1.54, 1.807) is 7.11 Å². The number of rotatable bonds is 6. The lowest BCUT2D eigenvalue weighted by atomic mass is 9.84. The van der Waals surface area contributed by atoms with Gasteiger partial charge in [0.25, 0.3) is 0 Å². The predicted octanol–water partition coefficient (Wildman–Crippen LogP) is 3.25. The third kappa shape index (κ3) is 4.44. The molecule has 0 spiro atoms. The Hall–Kier alpha value is -2.82. The zero-order valence-electron chi connectivity index (χ0n) is 16.9. The lowest BCUT2D eigenvalue weighted by molar-refractivity contribution is -0.132. The van der Waals surface area contributed by atoms with E-state index >= 15 is 0 Å². The van der Waals surface area contributed by atoms with Gasteiger partial charge in [0.1, 0.15) is 5.75 Å². The molecule has 152 valence electrons. The molecule has 5 nitrogen and oxygen atoms in total. The van der Waals surface area contributed by atoms with Gasteiger partial charge < -0.3 is 15.0 Å². The van der Waals surface area contributed by atoms with Gasteiger partial charge >= 0.3 is 0 Å². The summed E-state index contributed by atoms with van der Waals surface area (Å²) in [4.78, 5) is 26.9. The first-order valence-corrected chi connectivity index (χ1v) is 10.4. The minimum Gasteiger partial charge on any atom is -0.497 e. The summed E-state index contributed by atoms with van der Waals surface area (Å²) in [5, 5.41) is 3.18. The van der Waals surface area contributed by atoms with E-state index in [2.05, 4.69) is 23.5 Å². The Morgan fingerprint density at radius 1 is 1.10 bits per heavy atom. The highest BCUT2D eigenvalue weighted by Gasteiger charge is 2.38. The lowest BCUT2D eigenvalue weighted by Crippen LogP contribution is -2.45. The minimum absolute atomic E-state index is 0.0814. The van der Waals surface area contributed by atoms with Crippen molar-refractivity contribution in [2.75, 3.05) is 13.7 Å². The number of carbonyl (C=O) groups excluding carboxylic acids is 2. The monoisotopic (exact) mass is 392 g/mol. The number of nitrogens with zero attached hydrogens (tertiary/aromatic N) is 1. The Morgan fingerprint density at radius 2 is 1.86 bits per heavy atom. The van der Waals surface area contributed by atoms with Crippen LogP contribution in [0, 0.1) is 0 Å². The van der Waals surface area contributed by atoms with Gasteiger partial charge in [0.05, 0.1) is 7.11 Å². The number of hydrogen-bond donors (Lipinski definition) is 1. The summed E-state index contributed by atoms with van der Waals surface area (Å²) >= 11 is 0. The highest BCUT2D eigenvalue weighted by molar-refractivity contribution is 5.80. The molecule has 1 saturated heterocycles. The second-order valence-electron chi connectivity index (χ2n) is 8.19. The highest BCUT2D eigenvalue weighted by atomic mass is 16.5. The molecule has 2 heterocycles. The van der Waals surface area contributed by atoms with Crippen LogP contribution in [0.15, 0.2) is 48.5 Å². The Labute approximate surface area is 172 Å². The van der Waals surface area contributed by atoms with E-state index in [-0.39, 0.29) is 17.4 Å². The van der Waals surface area contributed by atoms with Crippen LogP contribution < -0.4 is 10.1 Å². The number of benzene rings is 2. The summed E-state index contributed by atoms with van der Waals surface area (Å²) in [6, 6.07) is 16.3. The van der Waals surface area contributed by atoms with Crippen molar-refractivity contribution >= 4 is 11.8 Å². The van der Waals surface area contributed by atoms with E-state index in [4.69, 9.17) is 4.74 Å². The Morgan fingerprint density at radius 3 is 2.55 bits per heavy atom. The van der Waals surface area contributed by atoms with Crippen LogP contribution in [-0.4, -0.2) is 35.9 Å². The Kier molecular flexibility index (Phi) is 5.56. The summed E-state index contributed by atoms with van der Waals surface area (Å²) < 4.78 is 5.23. The third-order valence-corrected chi connectivity index (χ3v) is 6.24. The van der Waals surface area contributed by atoms with Crippen molar-refractivity contribution in [3.63, 3.8) is 0 Å². The summed E-state index contributed by atoms with van der Waals surface area (Å²) in [7, 11) is 1.65. The molecule has 0 radical (unpaired) electrons. The molecule has 5 heteroatoms. The molecule has 0 saturated carbocycles. The van der Waals surface area contributed by atoms with Gasteiger partial charge in [-0.2, -0.15) is 0 Å². The predicted molar refractivity (Wildman–Crippen MR) is 112 cm³/mol. The molecule has 2 amide bonds. The van der Waals surface area contributed by atoms with Crippen LogP contribution >= 0.6 is 0 Å². The van der Waals surface area contributed by atoms with E-state index in [0.717, 1.165) is 37.1 Å². The van der Waals surface area contributed by atoms with Crippen LogP contribution in [0.5, 0.6) is 5.75 Å². The van der Waals surface area contributed by atoms with Crippen LogP contribution in [0.2, 0.25) is 0 Å². The number of hydrogen-bond acceptors (Lipinski definition) is 3. The first-order valence-electron chi connectivity index (χ1n) is 10.4. The van der Waals surface area contributed by atoms with Gasteiger partial charge in [-0.3, -0.25) is 9.59 Å². The third-order valence-electron chi connectivity index (χ3n) is 6.24. The smallest absolute Gasteiger partial charge is 0.222 e. The molecule has 0 aromatic heterocycles. The number of amides is 2. The molecule has 29 heavy (non-hydrogen) atoms. The number of nitrogens with one attached hydrogen (secondary N) is 1. The van der Waals surface area contributed by atoms with E-state index in [9.17, 15) is 9.59 Å². The van der Waals surface area contributed by atoms with Crippen molar-refractivity contribution in [3.05, 3.63) is 65.2 Å². The number of fused-ring (bicyclic) bond motifs is 1. The van der Waals surface area contributed by atoms with E-state index in [1.165, 1.54) is 11.1 Å². The topological polar surface area (TPSA) is 58.6 Å². The number of methoxy groups -OCH3 is 1. The Balaban J connectivity index is 1.41. The second kappa shape index (κ2) is 8.27. The van der Waals surface area contributed by atoms with Crippen molar-refractivity contribution in [2.45, 2.75) is 50.6 Å². The number of carbonyl (C=O) groups is 2. The van der Waals surface area contributed by atoms with Crippen LogP contribution in [0.25, 0.3) is 0 Å². The fraction of sp³-hybridized carbons (Fsp3) is 0.417. The zero-order valence-corrected chi connectivity index (χ0v) is 16.9. The molecule has 1 N–H and O–H groups in total. The highest BCUT2D eigenvalue weighted by Crippen LogP contribution is 2.31. The fourth-order valence-electron chi connectivity index (χ4n) is 4.53. The van der Waals surface area contributed by atoms with Gasteiger partial charge in [-0.15, -0.1) is 0 Å². The molecule has 2 aromatic carbocycles. The normalized spacial score (nSPS) is 20.9. The fourth-order valence-corrected chi connectivity index (χ4v) is 4.53. The van der Waals surface area contributed by atoms with Gasteiger partial charge in [-0.1, -0.05) is 36.4 Å². The van der Waals surface area contributed by atoms with Gasteiger partial charge in [-0.05, 0) is 54.5 Å². The molecular formula is C24H28N2O3. The summed E-state index contributed by atoms with van der Waals surface area (Å²) in [6.45, 7) is 1.46. The van der Waals surface area contributed by atoms with Crippen LogP contribution in [-0.2, 0) is 29.0 Å². The van der Waals surface area contributed by atoms with Crippen LogP contribution in [0.1, 0.15) is 42.4 Å². The molecule has 1 atom stereocenters. The molecule has 4 rings (SSSR count). The molecule has 1 fully saturated rings. The summed E-state index contributed by atoms with van der Waals surface area (Å²) in [5.74, 6) is 1.08. The van der Waals surface area contributed by atoms with Crippen molar-refractivity contribution in [1.29, 1.82) is 0 Å². The standard InChI is InChI=1S/C24H28N2O3/c1-29-21-8-6-18(7-9-21)16-24(13-10-22(27)25-24)14-11-23(28)26-15-12-19-4-2-3-5-20(19)17-26/h2-9H,10-17H2,1H3,(H,25,27)/t24-/m1/s1. The maximum Gasteiger partial charge on any atom is 0.222 e. The van der Waals surface area contributed by atoms with Crippen LogP contribution in [0.3, 0.4) is 0 Å². The molecular weight excluding hydrogens is 364 g/mol. The maximum absolute atomic E-state index is 12.9. The quantitative estimate of drug-likeness (QED) is 0.821. The first kappa shape index (κ1) is 19.5. The summed E-state index contributed by atoms with van der Waals surface area (Å²) in [6.07, 6.45) is 4.07. The molecule has 2 aromatic rings. The average molecular weight is 392 g/mol. The first-order chi connectivity index (χ1) is 14.1. The van der Waals surface area contributed by atoms with Crippen molar-refractivity contribution in [2.24, 2.45) is 0 Å². The number of ether oxygens (including phenoxy) is 1. The van der Waals surface area contributed by atoms with Crippen molar-refractivity contribution in [3.8, 4) is 5.75 Å². The van der Waals surface area contributed by atoms with Crippen molar-refractivity contribution in [1.82, 2.24) is 10.2 Å². The maximum atomic E-state index is 12.9. The minimum atomic E-state index is -0.338. The Bertz CT molecular complexity index is 893. The lowest BCUT2D eigenvalue weighted by Gasteiger charge is -2.32. The van der Waals surface area contributed by atoms with Crippen LogP contribution in [0.4, 0.5) is 0 Å². The van der Waals surface area contributed by atoms with Crippen molar-refractivity contribution < 1.29 is 14.3 Å². The van der Waals surface area contributed by atoms with E-state index < -0.39 is 0 Å². The van der Waals surface area contributed by atoms with E-state index in [1.807, 2.05) is 35.2 Å². The summed E-state index contributed by atoms with van der Waals surface area (Å²) in [5.41, 5.74) is 3.40.